The van der Waals surface area contributed by atoms with Crippen molar-refractivity contribution in [2.75, 3.05) is 10.6 Å². The van der Waals surface area contributed by atoms with Crippen LogP contribution in [0.5, 0.6) is 0 Å². The van der Waals surface area contributed by atoms with Crippen LogP contribution in [0.1, 0.15) is 49.2 Å². The summed E-state index contributed by atoms with van der Waals surface area (Å²) in [7, 11) is 0. The van der Waals surface area contributed by atoms with Crippen molar-refractivity contribution in [1.82, 2.24) is 5.16 Å². The molecule has 1 aromatic heterocycles. The zero-order valence-corrected chi connectivity index (χ0v) is 17.7. The third-order valence-electron chi connectivity index (χ3n) is 4.66. The summed E-state index contributed by atoms with van der Waals surface area (Å²) in [5.74, 6) is -0.691. The molecule has 1 heterocycles. The summed E-state index contributed by atoms with van der Waals surface area (Å²) >= 11 is 0. The molecule has 0 radical (unpaired) electrons. The largest absolute Gasteiger partial charge is 0.449 e. The highest BCUT2D eigenvalue weighted by atomic mass is 16.5. The first-order valence-corrected chi connectivity index (χ1v) is 10.1. The van der Waals surface area contributed by atoms with Gasteiger partial charge in [-0.3, -0.25) is 9.59 Å². The monoisotopic (exact) mass is 423 g/mol. The summed E-state index contributed by atoms with van der Waals surface area (Å²) in [5.41, 5.74) is 0.512. The first-order valence-electron chi connectivity index (χ1n) is 10.1. The first-order chi connectivity index (χ1) is 14.9. The molecule has 31 heavy (non-hydrogen) atoms. The molecular weight excluding hydrogens is 398 g/mol. The molecule has 0 aliphatic heterocycles. The predicted molar refractivity (Wildman–Crippen MR) is 117 cm³/mol. The van der Waals surface area contributed by atoms with Gasteiger partial charge in [0.25, 0.3) is 5.91 Å². The summed E-state index contributed by atoms with van der Waals surface area (Å²) in [4.78, 5) is 37.4. The zero-order chi connectivity index (χ0) is 22.4. The number of hydrogen-bond donors (Lipinski definition) is 2. The van der Waals surface area contributed by atoms with E-state index in [1.807, 2.05) is 31.2 Å². The van der Waals surface area contributed by atoms with Crippen LogP contribution in [0.25, 0.3) is 10.8 Å². The average molecular weight is 423 g/mol. The third-order valence-corrected chi connectivity index (χ3v) is 4.66. The van der Waals surface area contributed by atoms with Crippen LogP contribution >= 0.6 is 0 Å². The number of hydrogen-bond acceptors (Lipinski definition) is 6. The minimum absolute atomic E-state index is 0.181. The van der Waals surface area contributed by atoms with Crippen molar-refractivity contribution in [3.63, 3.8) is 0 Å². The van der Waals surface area contributed by atoms with Crippen LogP contribution in [0, 0.1) is 6.92 Å². The number of unbranched alkanes of at least 4 members (excludes halogenated alkanes) is 1. The van der Waals surface area contributed by atoms with Crippen molar-refractivity contribution in [3.05, 3.63) is 53.8 Å². The number of nitrogens with zero attached hydrogens (tertiary/aromatic N) is 1. The van der Waals surface area contributed by atoms with E-state index in [1.165, 1.54) is 6.92 Å². The van der Waals surface area contributed by atoms with Crippen LogP contribution in [0.4, 0.5) is 11.5 Å². The second kappa shape index (κ2) is 9.88. The lowest BCUT2D eigenvalue weighted by Gasteiger charge is -2.18. The molecule has 1 atom stereocenters. The molecule has 2 aromatic carbocycles. The summed E-state index contributed by atoms with van der Waals surface area (Å²) < 4.78 is 10.5. The Balaban J connectivity index is 1.86. The van der Waals surface area contributed by atoms with Crippen LogP contribution in [0.2, 0.25) is 0 Å². The van der Waals surface area contributed by atoms with Crippen molar-refractivity contribution in [2.24, 2.45) is 0 Å². The number of aromatic nitrogens is 1. The van der Waals surface area contributed by atoms with E-state index in [2.05, 4.69) is 15.8 Å². The molecule has 0 fully saturated rings. The molecule has 0 saturated heterocycles. The molecule has 2 N–H and O–H groups in total. The molecule has 8 nitrogen and oxygen atoms in total. The van der Waals surface area contributed by atoms with Crippen LogP contribution in [-0.4, -0.2) is 29.0 Å². The van der Waals surface area contributed by atoms with Gasteiger partial charge in [-0.15, -0.1) is 0 Å². The lowest BCUT2D eigenvalue weighted by Crippen LogP contribution is -2.33. The highest BCUT2D eigenvalue weighted by Gasteiger charge is 2.26. The van der Waals surface area contributed by atoms with Gasteiger partial charge in [-0.05, 0) is 42.7 Å². The minimum Gasteiger partial charge on any atom is -0.449 e. The lowest BCUT2D eigenvalue weighted by atomic mass is 10.0. The smallest absolute Gasteiger partial charge is 0.341 e. The van der Waals surface area contributed by atoms with E-state index in [9.17, 15) is 14.4 Å². The van der Waals surface area contributed by atoms with E-state index in [1.54, 1.807) is 25.1 Å². The standard InChI is InChI=1S/C23H25N3O5/c1-4-5-10-20(22(28)25-21-11-14(2)31-26-21)30-23(29)18-12-16-8-6-7-9-17(16)13-19(18)24-15(3)27/h6-9,11-13,20H,4-5,10H2,1-3H3,(H,24,27)(H,25,26,28). The summed E-state index contributed by atoms with van der Waals surface area (Å²) in [6.45, 7) is 5.05. The Morgan fingerprint density at radius 2 is 1.81 bits per heavy atom. The van der Waals surface area contributed by atoms with Crippen LogP contribution < -0.4 is 10.6 Å². The molecule has 0 aliphatic carbocycles. The molecule has 0 aliphatic rings. The Hall–Kier alpha value is -3.68. The topological polar surface area (TPSA) is 111 Å². The van der Waals surface area contributed by atoms with Crippen LogP contribution in [0.15, 0.2) is 47.0 Å². The zero-order valence-electron chi connectivity index (χ0n) is 17.7. The quantitative estimate of drug-likeness (QED) is 0.518. The van der Waals surface area contributed by atoms with Crippen molar-refractivity contribution >= 4 is 40.1 Å². The second-order valence-corrected chi connectivity index (χ2v) is 7.27. The van der Waals surface area contributed by atoms with Crippen molar-refractivity contribution in [3.8, 4) is 0 Å². The Bertz CT molecular complexity index is 1110. The van der Waals surface area contributed by atoms with E-state index in [-0.39, 0.29) is 17.3 Å². The number of esters is 1. The Morgan fingerprint density at radius 1 is 1.10 bits per heavy atom. The maximum Gasteiger partial charge on any atom is 0.341 e. The molecule has 2 amide bonds. The molecular formula is C23H25N3O5. The molecule has 162 valence electrons. The van der Waals surface area contributed by atoms with Crippen molar-refractivity contribution in [2.45, 2.75) is 46.1 Å². The van der Waals surface area contributed by atoms with Crippen LogP contribution in [0.3, 0.4) is 0 Å². The SMILES string of the molecule is CCCCC(OC(=O)c1cc2ccccc2cc1NC(C)=O)C(=O)Nc1cc(C)on1. The van der Waals surface area contributed by atoms with Gasteiger partial charge in [-0.1, -0.05) is 42.8 Å². The molecule has 0 bridgehead atoms. The van der Waals surface area contributed by atoms with Gasteiger partial charge < -0.3 is 19.9 Å². The van der Waals surface area contributed by atoms with Crippen molar-refractivity contribution < 1.29 is 23.6 Å². The number of carbonyl (C=O) groups is 3. The molecule has 8 heteroatoms. The predicted octanol–water partition coefficient (Wildman–Crippen LogP) is 4.45. The van der Waals surface area contributed by atoms with Gasteiger partial charge >= 0.3 is 5.97 Å². The number of anilines is 2. The number of ether oxygens (including phenoxy) is 1. The number of benzene rings is 2. The van der Waals surface area contributed by atoms with Gasteiger partial charge in [0.15, 0.2) is 11.9 Å². The molecule has 1 unspecified atom stereocenters. The maximum absolute atomic E-state index is 13.0. The van der Waals surface area contributed by atoms with E-state index in [0.717, 1.165) is 17.2 Å². The normalized spacial score (nSPS) is 11.7. The highest BCUT2D eigenvalue weighted by Crippen LogP contribution is 2.26. The minimum atomic E-state index is -1.01. The fourth-order valence-electron chi connectivity index (χ4n) is 3.16. The number of amides is 2. The third kappa shape index (κ3) is 5.69. The van der Waals surface area contributed by atoms with Gasteiger partial charge in [-0.25, -0.2) is 4.79 Å². The van der Waals surface area contributed by atoms with Gasteiger partial charge in [0.05, 0.1) is 11.3 Å². The van der Waals surface area contributed by atoms with Gasteiger partial charge in [0.2, 0.25) is 5.91 Å². The van der Waals surface area contributed by atoms with Gasteiger partial charge in [-0.2, -0.15) is 0 Å². The molecule has 0 saturated carbocycles. The Morgan fingerprint density at radius 3 is 2.42 bits per heavy atom. The number of nitrogens with one attached hydrogen (secondary N) is 2. The lowest BCUT2D eigenvalue weighted by molar-refractivity contribution is -0.125. The number of carbonyl (C=O) groups excluding carboxylic acids is 3. The van der Waals surface area contributed by atoms with Gasteiger partial charge in [0, 0.05) is 13.0 Å². The van der Waals surface area contributed by atoms with E-state index < -0.39 is 18.0 Å². The highest BCUT2D eigenvalue weighted by molar-refractivity contribution is 6.06. The molecule has 0 spiro atoms. The molecule has 3 rings (SSSR count). The first kappa shape index (κ1) is 22.0. The summed E-state index contributed by atoms with van der Waals surface area (Å²) in [6, 6.07) is 12.4. The second-order valence-electron chi connectivity index (χ2n) is 7.27. The summed E-state index contributed by atoms with van der Waals surface area (Å²) in [6.07, 6.45) is 0.867. The number of aryl methyl sites for hydroxylation is 1. The van der Waals surface area contributed by atoms with E-state index in [4.69, 9.17) is 9.26 Å². The van der Waals surface area contributed by atoms with E-state index >= 15 is 0 Å². The summed E-state index contributed by atoms with van der Waals surface area (Å²) in [5, 5.41) is 10.7. The molecule has 3 aromatic rings. The Labute approximate surface area is 179 Å². The number of fused-ring (bicyclic) bond motifs is 1. The fraction of sp³-hybridized carbons (Fsp3) is 0.304. The Kier molecular flexibility index (Phi) is 7.02. The number of rotatable bonds is 8. The van der Waals surface area contributed by atoms with Crippen LogP contribution in [-0.2, 0) is 14.3 Å². The van der Waals surface area contributed by atoms with Crippen molar-refractivity contribution in [1.29, 1.82) is 0 Å². The average Bonchev–Trinajstić information content (AvgIpc) is 3.14. The fourth-order valence-corrected chi connectivity index (χ4v) is 3.16. The van der Waals surface area contributed by atoms with Gasteiger partial charge in [0.1, 0.15) is 5.76 Å². The van der Waals surface area contributed by atoms with E-state index in [0.29, 0.717) is 24.3 Å². The maximum atomic E-state index is 13.0.